The Kier molecular flexibility index (Phi) is 4.49. The van der Waals surface area contributed by atoms with Gasteiger partial charge in [0.2, 0.25) is 17.4 Å². The summed E-state index contributed by atoms with van der Waals surface area (Å²) in [7, 11) is 0. The molecule has 1 fully saturated rings. The molecule has 0 N–H and O–H groups in total. The highest BCUT2D eigenvalue weighted by Gasteiger charge is 2.23. The van der Waals surface area contributed by atoms with E-state index in [1.807, 2.05) is 23.5 Å². The van der Waals surface area contributed by atoms with E-state index in [4.69, 9.17) is 4.74 Å². The molecule has 0 atom stereocenters. The zero-order valence-corrected chi connectivity index (χ0v) is 12.6. The van der Waals surface area contributed by atoms with Crippen LogP contribution in [0.25, 0.3) is 0 Å². The summed E-state index contributed by atoms with van der Waals surface area (Å²) in [5.41, 5.74) is 1.05. The van der Waals surface area contributed by atoms with Gasteiger partial charge in [-0.15, -0.1) is 23.5 Å². The van der Waals surface area contributed by atoms with Gasteiger partial charge in [-0.05, 0) is 17.7 Å². The van der Waals surface area contributed by atoms with Crippen LogP contribution >= 0.6 is 23.5 Å². The van der Waals surface area contributed by atoms with Gasteiger partial charge in [0.25, 0.3) is 11.9 Å². The van der Waals surface area contributed by atoms with Crippen LogP contribution in [0.5, 0.6) is 11.5 Å². The summed E-state index contributed by atoms with van der Waals surface area (Å²) in [6, 6.07) is 6.53. The summed E-state index contributed by atoms with van der Waals surface area (Å²) in [6.07, 6.45) is 0. The number of thioether (sulfide) groups is 2. The summed E-state index contributed by atoms with van der Waals surface area (Å²) in [4.78, 5) is 2.47. The van der Waals surface area contributed by atoms with Crippen molar-refractivity contribution in [3.8, 4) is 11.5 Å². The molecular formula is C14H9F4NOS2. The normalized spacial score (nSPS) is 15.3. The Morgan fingerprint density at radius 2 is 1.45 bits per heavy atom. The maximum absolute atomic E-state index is 13.5. The molecule has 0 unspecified atom stereocenters. The van der Waals surface area contributed by atoms with Crippen LogP contribution in [-0.2, 0) is 0 Å². The Morgan fingerprint density at radius 1 is 0.909 bits per heavy atom. The van der Waals surface area contributed by atoms with E-state index in [1.54, 1.807) is 12.1 Å². The monoisotopic (exact) mass is 347 g/mol. The van der Waals surface area contributed by atoms with Gasteiger partial charge in [-0.25, -0.2) is 0 Å². The van der Waals surface area contributed by atoms with E-state index in [2.05, 4.69) is 4.98 Å². The fourth-order valence-corrected chi connectivity index (χ4v) is 4.78. The molecular weight excluding hydrogens is 338 g/mol. The number of pyridine rings is 1. The number of halogens is 4. The Morgan fingerprint density at radius 3 is 2.00 bits per heavy atom. The van der Waals surface area contributed by atoms with Crippen LogP contribution in [-0.4, -0.2) is 16.5 Å². The van der Waals surface area contributed by atoms with Gasteiger partial charge in [0.15, 0.2) is 0 Å². The SMILES string of the molecule is Fc1nc(F)c(F)c(Oc2ccc(C3SCCS3)cc2)c1F. The number of benzene rings is 1. The van der Waals surface area contributed by atoms with Gasteiger partial charge >= 0.3 is 0 Å². The largest absolute Gasteiger partial charge is 0.451 e. The van der Waals surface area contributed by atoms with Crippen molar-refractivity contribution >= 4 is 23.5 Å². The molecule has 0 spiro atoms. The van der Waals surface area contributed by atoms with Crippen molar-refractivity contribution in [2.45, 2.75) is 4.58 Å². The third kappa shape index (κ3) is 3.03. The van der Waals surface area contributed by atoms with Gasteiger partial charge in [-0.1, -0.05) is 12.1 Å². The van der Waals surface area contributed by atoms with E-state index in [0.29, 0.717) is 4.58 Å². The van der Waals surface area contributed by atoms with Gasteiger partial charge in [-0.3, -0.25) is 0 Å². The molecule has 2 aromatic rings. The van der Waals surface area contributed by atoms with Gasteiger partial charge < -0.3 is 4.74 Å². The van der Waals surface area contributed by atoms with Crippen molar-refractivity contribution in [1.82, 2.24) is 4.98 Å². The van der Waals surface area contributed by atoms with Gasteiger partial charge in [0.1, 0.15) is 5.75 Å². The van der Waals surface area contributed by atoms with E-state index < -0.39 is 29.3 Å². The molecule has 1 aromatic heterocycles. The topological polar surface area (TPSA) is 22.1 Å². The van der Waals surface area contributed by atoms with Crippen LogP contribution in [0.15, 0.2) is 24.3 Å². The fourth-order valence-electron chi connectivity index (χ4n) is 1.92. The smallest absolute Gasteiger partial charge is 0.255 e. The Labute approximate surface area is 132 Å². The minimum atomic E-state index is -1.75. The molecule has 2 nitrogen and oxygen atoms in total. The third-order valence-electron chi connectivity index (χ3n) is 2.95. The molecule has 0 radical (unpaired) electrons. The lowest BCUT2D eigenvalue weighted by Gasteiger charge is -2.11. The Balaban J connectivity index is 1.84. The zero-order valence-electron chi connectivity index (χ0n) is 11.0. The van der Waals surface area contributed by atoms with Crippen molar-refractivity contribution in [2.75, 3.05) is 11.5 Å². The van der Waals surface area contributed by atoms with Gasteiger partial charge in [0, 0.05) is 11.5 Å². The van der Waals surface area contributed by atoms with Crippen molar-refractivity contribution in [1.29, 1.82) is 0 Å². The zero-order chi connectivity index (χ0) is 15.7. The summed E-state index contributed by atoms with van der Waals surface area (Å²) >= 11 is 3.62. The average Bonchev–Trinajstić information content (AvgIpc) is 3.05. The molecule has 8 heteroatoms. The number of hydrogen-bond donors (Lipinski definition) is 0. The highest BCUT2D eigenvalue weighted by Crippen LogP contribution is 2.45. The molecule has 2 heterocycles. The quantitative estimate of drug-likeness (QED) is 0.581. The first-order valence-electron chi connectivity index (χ1n) is 6.27. The first kappa shape index (κ1) is 15.5. The van der Waals surface area contributed by atoms with E-state index >= 15 is 0 Å². The van der Waals surface area contributed by atoms with Crippen LogP contribution in [0, 0.1) is 23.5 Å². The fraction of sp³-hybridized carbons (Fsp3) is 0.214. The molecule has 0 amide bonds. The van der Waals surface area contributed by atoms with Gasteiger partial charge in [-0.2, -0.15) is 22.5 Å². The lowest BCUT2D eigenvalue weighted by atomic mass is 10.2. The maximum atomic E-state index is 13.5. The molecule has 0 bridgehead atoms. The summed E-state index contributed by atoms with van der Waals surface area (Å²) in [5.74, 6) is -5.73. The first-order valence-corrected chi connectivity index (χ1v) is 8.37. The van der Waals surface area contributed by atoms with Crippen LogP contribution in [0.4, 0.5) is 17.6 Å². The van der Waals surface area contributed by atoms with E-state index in [1.165, 1.54) is 12.1 Å². The van der Waals surface area contributed by atoms with Crippen molar-refractivity contribution in [2.24, 2.45) is 0 Å². The van der Waals surface area contributed by atoms with Gasteiger partial charge in [0.05, 0.1) is 4.58 Å². The van der Waals surface area contributed by atoms with Crippen molar-refractivity contribution < 1.29 is 22.3 Å². The Bertz CT molecular complexity index is 664. The predicted octanol–water partition coefficient (Wildman–Crippen LogP) is 4.91. The molecule has 3 rings (SSSR count). The van der Waals surface area contributed by atoms with Crippen LogP contribution in [0.3, 0.4) is 0 Å². The molecule has 22 heavy (non-hydrogen) atoms. The second-order valence-electron chi connectivity index (χ2n) is 4.40. The minimum Gasteiger partial charge on any atom is -0.451 e. The number of nitrogens with zero attached hydrogens (tertiary/aromatic N) is 1. The van der Waals surface area contributed by atoms with Crippen LogP contribution in [0.2, 0.25) is 0 Å². The predicted molar refractivity (Wildman–Crippen MR) is 78.2 cm³/mol. The Hall–Kier alpha value is -1.41. The average molecular weight is 347 g/mol. The van der Waals surface area contributed by atoms with Crippen LogP contribution in [0.1, 0.15) is 10.1 Å². The van der Waals surface area contributed by atoms with E-state index in [0.717, 1.165) is 17.1 Å². The number of aromatic nitrogens is 1. The molecule has 1 aliphatic rings. The van der Waals surface area contributed by atoms with Crippen molar-refractivity contribution in [3.05, 3.63) is 53.4 Å². The lowest BCUT2D eigenvalue weighted by molar-refractivity contribution is 0.343. The summed E-state index contributed by atoms with van der Waals surface area (Å²) < 4.78 is 58.2. The second-order valence-corrected chi connectivity index (χ2v) is 7.12. The van der Waals surface area contributed by atoms with E-state index in [-0.39, 0.29) is 5.75 Å². The summed E-state index contributed by atoms with van der Waals surface area (Å²) in [6.45, 7) is 0. The molecule has 0 aliphatic carbocycles. The molecule has 1 aliphatic heterocycles. The molecule has 1 aromatic carbocycles. The highest BCUT2D eigenvalue weighted by molar-refractivity contribution is 8.19. The maximum Gasteiger partial charge on any atom is 0.255 e. The molecule has 116 valence electrons. The third-order valence-corrected chi connectivity index (χ3v) is 6.06. The first-order chi connectivity index (χ1) is 10.6. The standard InChI is InChI=1S/C14H9F4NOS2/c15-9-11(10(16)13(18)19-12(9)17)20-8-3-1-7(2-4-8)14-21-5-6-22-14/h1-4,14H,5-6H2. The lowest BCUT2D eigenvalue weighted by Crippen LogP contribution is -2.03. The molecule has 1 saturated heterocycles. The minimum absolute atomic E-state index is 0.0829. The number of ether oxygens (including phenoxy) is 1. The van der Waals surface area contributed by atoms with Crippen molar-refractivity contribution in [3.63, 3.8) is 0 Å². The number of hydrogen-bond acceptors (Lipinski definition) is 4. The number of rotatable bonds is 3. The molecule has 0 saturated carbocycles. The second kappa shape index (κ2) is 6.37. The highest BCUT2D eigenvalue weighted by atomic mass is 32.2. The summed E-state index contributed by atoms with van der Waals surface area (Å²) in [5, 5.41) is 0. The van der Waals surface area contributed by atoms with E-state index in [9.17, 15) is 17.6 Å². The van der Waals surface area contributed by atoms with Crippen LogP contribution < -0.4 is 4.74 Å².